The molecule has 1 aliphatic carbocycles. The molecule has 0 saturated heterocycles. The third-order valence-corrected chi connectivity index (χ3v) is 4.59. The van der Waals surface area contributed by atoms with Crippen LogP contribution in [-0.2, 0) is 19.1 Å². The Morgan fingerprint density at radius 3 is 2.37 bits per heavy atom. The molecule has 7 nitrogen and oxygen atoms in total. The molecule has 27 heavy (non-hydrogen) atoms. The zero-order valence-corrected chi connectivity index (χ0v) is 18.0. The normalized spacial score (nSPS) is 14.7. The molecule has 142 valence electrons. The first-order chi connectivity index (χ1) is 12.5. The van der Waals surface area contributed by atoms with Gasteiger partial charge in [0.25, 0.3) is 0 Å². The molecule has 1 atom stereocenters. The van der Waals surface area contributed by atoms with Crippen molar-refractivity contribution in [3.8, 4) is 0 Å². The fourth-order valence-corrected chi connectivity index (χ4v) is 3.03. The molecule has 0 spiro atoms. The number of carbonyl (C=O) groups excluding carboxylic acids is 3. The third kappa shape index (κ3) is 8.09. The topological polar surface area (TPSA) is 105 Å². The number of aliphatic carboxylic acids is 1. The number of esters is 1. The standard InChI is InChI=1S/C18H22ClNO6.Na/c19-14-7-5-12(6-8-14)15(16(21)22)9-10-20-18(24)26-11-25-17(23)13-3-1-2-4-13;/h5-8,13,15H,1-4,9-11H2,(H,20,24)(H,21,22);/q;+1/p-1. The maximum atomic E-state index is 11.7. The second-order valence-electron chi connectivity index (χ2n) is 6.13. The van der Waals surface area contributed by atoms with Crippen molar-refractivity contribution >= 4 is 29.6 Å². The monoisotopic (exact) mass is 405 g/mol. The molecule has 1 amide bonds. The van der Waals surface area contributed by atoms with Crippen molar-refractivity contribution in [3.63, 3.8) is 0 Å². The van der Waals surface area contributed by atoms with Crippen LogP contribution in [0.15, 0.2) is 24.3 Å². The maximum absolute atomic E-state index is 11.7. The summed E-state index contributed by atoms with van der Waals surface area (Å²) in [7, 11) is 0. The van der Waals surface area contributed by atoms with Crippen LogP contribution in [-0.4, -0.2) is 31.4 Å². The molecule has 0 aliphatic heterocycles. The third-order valence-electron chi connectivity index (χ3n) is 4.34. The number of benzene rings is 1. The summed E-state index contributed by atoms with van der Waals surface area (Å²) in [6, 6.07) is 6.38. The van der Waals surface area contributed by atoms with E-state index in [4.69, 9.17) is 21.1 Å². The van der Waals surface area contributed by atoms with Gasteiger partial charge in [0.05, 0.1) is 5.92 Å². The summed E-state index contributed by atoms with van der Waals surface area (Å²) in [5.74, 6) is -2.58. The molecule has 0 bridgehead atoms. The van der Waals surface area contributed by atoms with Gasteiger partial charge in [-0.3, -0.25) is 4.79 Å². The average Bonchev–Trinajstić information content (AvgIpc) is 3.14. The molecule has 1 aromatic rings. The summed E-state index contributed by atoms with van der Waals surface area (Å²) < 4.78 is 9.67. The van der Waals surface area contributed by atoms with E-state index >= 15 is 0 Å². The van der Waals surface area contributed by atoms with Crippen molar-refractivity contribution in [2.45, 2.75) is 38.0 Å². The summed E-state index contributed by atoms with van der Waals surface area (Å²) in [5.41, 5.74) is 0.537. The van der Waals surface area contributed by atoms with E-state index in [1.54, 1.807) is 24.3 Å². The number of carboxylic acid groups (broad SMARTS) is 1. The molecule has 1 aromatic carbocycles. The molecular weight excluding hydrogens is 385 g/mol. The number of ether oxygens (including phenoxy) is 2. The Hall–Kier alpha value is -1.28. The maximum Gasteiger partial charge on any atom is 1.00 e. The van der Waals surface area contributed by atoms with Gasteiger partial charge < -0.3 is 24.7 Å². The van der Waals surface area contributed by atoms with E-state index in [-0.39, 0.29) is 54.4 Å². The Balaban J connectivity index is 0.00000364. The van der Waals surface area contributed by atoms with E-state index in [1.165, 1.54) is 0 Å². The smallest absolute Gasteiger partial charge is 0.549 e. The van der Waals surface area contributed by atoms with Crippen molar-refractivity contribution in [2.24, 2.45) is 5.92 Å². The number of carboxylic acids is 1. The summed E-state index contributed by atoms with van der Waals surface area (Å²) in [4.78, 5) is 34.5. The van der Waals surface area contributed by atoms with E-state index in [2.05, 4.69) is 5.32 Å². The van der Waals surface area contributed by atoms with Crippen LogP contribution in [0.4, 0.5) is 4.79 Å². The minimum atomic E-state index is -1.24. The van der Waals surface area contributed by atoms with Crippen molar-refractivity contribution in [1.82, 2.24) is 5.32 Å². The van der Waals surface area contributed by atoms with E-state index in [0.29, 0.717) is 10.6 Å². The van der Waals surface area contributed by atoms with Crippen LogP contribution in [0.3, 0.4) is 0 Å². The predicted molar refractivity (Wildman–Crippen MR) is 91.2 cm³/mol. The number of nitrogens with one attached hydrogen (secondary N) is 1. The van der Waals surface area contributed by atoms with E-state index in [0.717, 1.165) is 25.7 Å². The quantitative estimate of drug-likeness (QED) is 0.337. The molecule has 1 aliphatic rings. The average molecular weight is 406 g/mol. The van der Waals surface area contributed by atoms with Gasteiger partial charge in [0.1, 0.15) is 0 Å². The molecule has 1 saturated carbocycles. The van der Waals surface area contributed by atoms with Crippen molar-refractivity contribution in [3.05, 3.63) is 34.9 Å². The van der Waals surface area contributed by atoms with E-state index < -0.39 is 24.8 Å². The summed E-state index contributed by atoms with van der Waals surface area (Å²) in [6.07, 6.45) is 2.97. The van der Waals surface area contributed by atoms with Crippen LogP contribution in [0.25, 0.3) is 0 Å². The number of rotatable bonds is 8. The van der Waals surface area contributed by atoms with Gasteiger partial charge in [0.2, 0.25) is 6.79 Å². The molecule has 0 radical (unpaired) electrons. The van der Waals surface area contributed by atoms with Crippen LogP contribution < -0.4 is 40.0 Å². The molecule has 1 unspecified atom stereocenters. The number of alkyl carbamates (subject to hydrolysis) is 1. The number of hydrogen-bond acceptors (Lipinski definition) is 6. The largest absolute Gasteiger partial charge is 1.00 e. The Morgan fingerprint density at radius 1 is 1.15 bits per heavy atom. The van der Waals surface area contributed by atoms with Gasteiger partial charge >= 0.3 is 41.6 Å². The summed E-state index contributed by atoms with van der Waals surface area (Å²) >= 11 is 5.78. The van der Waals surface area contributed by atoms with E-state index in [9.17, 15) is 19.5 Å². The fourth-order valence-electron chi connectivity index (χ4n) is 2.91. The number of carbonyl (C=O) groups is 3. The van der Waals surface area contributed by atoms with Crippen molar-refractivity contribution in [2.75, 3.05) is 13.3 Å². The van der Waals surface area contributed by atoms with Gasteiger partial charge in [-0.05, 0) is 37.0 Å². The SMILES string of the molecule is O=C(NCCC(C(=O)[O-])c1ccc(Cl)cc1)OCOC(=O)C1CCCC1.[Na+]. The van der Waals surface area contributed by atoms with Crippen LogP contribution in [0.1, 0.15) is 43.6 Å². The zero-order valence-electron chi connectivity index (χ0n) is 15.2. The Bertz CT molecular complexity index is 633. The minimum absolute atomic E-state index is 0. The summed E-state index contributed by atoms with van der Waals surface area (Å²) in [6.45, 7) is -0.390. The minimum Gasteiger partial charge on any atom is -0.549 e. The van der Waals surface area contributed by atoms with Crippen LogP contribution >= 0.6 is 11.6 Å². The Kier molecular flexibility index (Phi) is 10.8. The Labute approximate surface area is 185 Å². The number of halogens is 1. The van der Waals surface area contributed by atoms with Crippen LogP contribution in [0.5, 0.6) is 0 Å². The van der Waals surface area contributed by atoms with Gasteiger partial charge in [0.15, 0.2) is 0 Å². The van der Waals surface area contributed by atoms with Gasteiger partial charge in [0, 0.05) is 23.5 Å². The predicted octanol–water partition coefficient (Wildman–Crippen LogP) is -1.02. The molecule has 0 heterocycles. The van der Waals surface area contributed by atoms with Crippen LogP contribution in [0, 0.1) is 5.92 Å². The first kappa shape index (κ1) is 23.8. The first-order valence-corrected chi connectivity index (χ1v) is 8.88. The van der Waals surface area contributed by atoms with Gasteiger partial charge in [-0.1, -0.05) is 36.6 Å². The molecule has 9 heteroatoms. The summed E-state index contributed by atoms with van der Waals surface area (Å²) in [5, 5.41) is 14.2. The molecule has 1 N–H and O–H groups in total. The van der Waals surface area contributed by atoms with Crippen molar-refractivity contribution in [1.29, 1.82) is 0 Å². The fraction of sp³-hybridized carbons (Fsp3) is 0.500. The van der Waals surface area contributed by atoms with Gasteiger partial charge in [-0.2, -0.15) is 0 Å². The van der Waals surface area contributed by atoms with E-state index in [1.807, 2.05) is 0 Å². The Morgan fingerprint density at radius 2 is 1.78 bits per heavy atom. The second-order valence-corrected chi connectivity index (χ2v) is 6.57. The number of hydrogen-bond donors (Lipinski definition) is 1. The number of amides is 1. The molecule has 1 fully saturated rings. The van der Waals surface area contributed by atoms with Gasteiger partial charge in [-0.25, -0.2) is 4.79 Å². The van der Waals surface area contributed by atoms with Crippen molar-refractivity contribution < 1.29 is 58.5 Å². The molecule has 2 rings (SSSR count). The van der Waals surface area contributed by atoms with Crippen LogP contribution in [0.2, 0.25) is 5.02 Å². The van der Waals surface area contributed by atoms with Gasteiger partial charge in [-0.15, -0.1) is 0 Å². The zero-order chi connectivity index (χ0) is 18.9. The first-order valence-electron chi connectivity index (χ1n) is 8.51. The second kappa shape index (κ2) is 12.2. The molecule has 0 aromatic heterocycles. The molecular formula is C18H21ClNNaO6.